The van der Waals surface area contributed by atoms with E-state index in [0.29, 0.717) is 13.2 Å². The lowest BCUT2D eigenvalue weighted by Gasteiger charge is -2.41. The molecule has 0 bridgehead atoms. The Bertz CT molecular complexity index is 1050. The Balaban J connectivity index is 2.32. The van der Waals surface area contributed by atoms with Crippen LogP contribution in [-0.4, -0.2) is 51.2 Å². The summed E-state index contributed by atoms with van der Waals surface area (Å²) in [5.74, 6) is 6.56. The molecular weight excluding hydrogens is 534 g/mol. The first-order chi connectivity index (χ1) is 18.9. The van der Waals surface area contributed by atoms with E-state index < -0.39 is 31.3 Å². The molecule has 0 aromatic heterocycles. The highest BCUT2D eigenvalue weighted by Gasteiger charge is 2.41. The fourth-order valence-corrected chi connectivity index (χ4v) is 4.77. The maximum atomic E-state index is 12.7. The SMILES string of the molecule is CCCCCCCOc1ccc(C#CC2(NC(=O)OC(C)(C)C)COC(C)(C)OC2)cc1CO[Si](C)(C)C(C)(C)C. The summed E-state index contributed by atoms with van der Waals surface area (Å²) < 4.78 is 30.1. The van der Waals surface area contributed by atoms with Crippen molar-refractivity contribution in [3.05, 3.63) is 29.3 Å². The molecule has 1 aliphatic rings. The maximum Gasteiger partial charge on any atom is 0.409 e. The van der Waals surface area contributed by atoms with Crippen LogP contribution in [0.5, 0.6) is 5.75 Å². The molecule has 1 aromatic carbocycles. The highest BCUT2D eigenvalue weighted by atomic mass is 28.4. The normalized spacial score (nSPS) is 16.9. The van der Waals surface area contributed by atoms with Crippen LogP contribution in [0.2, 0.25) is 18.1 Å². The number of unbranched alkanes of at least 4 members (excludes halogenated alkanes) is 4. The molecular formula is C33H55NO6Si. The number of carbonyl (C=O) groups excluding carboxylic acids is 1. The minimum Gasteiger partial charge on any atom is -0.493 e. The third-order valence-corrected chi connectivity index (χ3v) is 12.0. The Hall–Kier alpha value is -2.05. The lowest BCUT2D eigenvalue weighted by atomic mass is 10.00. The fraction of sp³-hybridized carbons (Fsp3) is 0.727. The predicted molar refractivity (Wildman–Crippen MR) is 168 cm³/mol. The van der Waals surface area contributed by atoms with E-state index in [4.69, 9.17) is 23.4 Å². The average Bonchev–Trinajstić information content (AvgIpc) is 2.84. The van der Waals surface area contributed by atoms with E-state index in [1.165, 1.54) is 25.7 Å². The molecule has 1 fully saturated rings. The van der Waals surface area contributed by atoms with Gasteiger partial charge < -0.3 is 28.7 Å². The number of carbonyl (C=O) groups is 1. The highest BCUT2D eigenvalue weighted by Crippen LogP contribution is 2.37. The third kappa shape index (κ3) is 12.0. The first kappa shape index (κ1) is 35.1. The van der Waals surface area contributed by atoms with Crippen molar-refractivity contribution < 1.29 is 28.2 Å². The lowest BCUT2D eigenvalue weighted by Crippen LogP contribution is -2.60. The second-order valence-corrected chi connectivity index (χ2v) is 18.9. The van der Waals surface area contributed by atoms with Crippen molar-refractivity contribution in [3.63, 3.8) is 0 Å². The zero-order valence-electron chi connectivity index (χ0n) is 27.5. The second-order valence-electron chi connectivity index (χ2n) is 14.1. The average molecular weight is 590 g/mol. The number of ether oxygens (including phenoxy) is 4. The van der Waals surface area contributed by atoms with E-state index in [1.807, 2.05) is 52.8 Å². The van der Waals surface area contributed by atoms with Crippen LogP contribution in [0, 0.1) is 11.8 Å². The number of rotatable bonds is 11. The summed E-state index contributed by atoms with van der Waals surface area (Å²) in [6.45, 7) is 24.1. The highest BCUT2D eigenvalue weighted by molar-refractivity contribution is 6.74. The van der Waals surface area contributed by atoms with Crippen molar-refractivity contribution >= 4 is 14.4 Å². The molecule has 1 N–H and O–H groups in total. The van der Waals surface area contributed by atoms with Gasteiger partial charge in [-0.3, -0.25) is 0 Å². The van der Waals surface area contributed by atoms with E-state index in [1.54, 1.807) is 0 Å². The Kier molecular flexibility index (Phi) is 12.4. The molecule has 0 unspecified atom stereocenters. The van der Waals surface area contributed by atoms with E-state index >= 15 is 0 Å². The van der Waals surface area contributed by atoms with Gasteiger partial charge in [0.1, 0.15) is 11.4 Å². The Labute approximate surface area is 250 Å². The summed E-state index contributed by atoms with van der Waals surface area (Å²) in [5.41, 5.74) is 0.0775. The first-order valence-corrected chi connectivity index (χ1v) is 18.0. The van der Waals surface area contributed by atoms with Gasteiger partial charge in [-0.15, -0.1) is 0 Å². The number of amides is 1. The number of benzene rings is 1. The van der Waals surface area contributed by atoms with Crippen LogP contribution in [0.25, 0.3) is 0 Å². The minimum atomic E-state index is -1.98. The first-order valence-electron chi connectivity index (χ1n) is 15.1. The molecule has 0 aliphatic carbocycles. The molecule has 7 nitrogen and oxygen atoms in total. The van der Waals surface area contributed by atoms with Gasteiger partial charge in [0.15, 0.2) is 19.6 Å². The molecule has 8 heteroatoms. The monoisotopic (exact) mass is 589 g/mol. The summed E-state index contributed by atoms with van der Waals surface area (Å²) in [6, 6.07) is 5.96. The quantitative estimate of drug-likeness (QED) is 0.160. The summed E-state index contributed by atoms with van der Waals surface area (Å²) in [6.07, 6.45) is 5.35. The topological polar surface area (TPSA) is 75.3 Å². The van der Waals surface area contributed by atoms with Gasteiger partial charge in [0.2, 0.25) is 0 Å². The summed E-state index contributed by atoms with van der Waals surface area (Å²) in [4.78, 5) is 12.7. The summed E-state index contributed by atoms with van der Waals surface area (Å²) in [5, 5.41) is 3.00. The van der Waals surface area contributed by atoms with Gasteiger partial charge in [0.05, 0.1) is 26.4 Å². The van der Waals surface area contributed by atoms with E-state index in [2.05, 4.69) is 57.9 Å². The van der Waals surface area contributed by atoms with Crippen molar-refractivity contribution in [2.24, 2.45) is 0 Å². The third-order valence-electron chi connectivity index (χ3n) is 7.48. The zero-order valence-corrected chi connectivity index (χ0v) is 28.5. The molecule has 232 valence electrons. The zero-order chi connectivity index (χ0) is 31.0. The molecule has 0 saturated carbocycles. The molecule has 0 radical (unpaired) electrons. The van der Waals surface area contributed by atoms with Crippen LogP contribution in [0.4, 0.5) is 4.79 Å². The van der Waals surface area contributed by atoms with Crippen LogP contribution >= 0.6 is 0 Å². The second kappa shape index (κ2) is 14.4. The number of hydrogen-bond donors (Lipinski definition) is 1. The van der Waals surface area contributed by atoms with Gasteiger partial charge >= 0.3 is 6.09 Å². The van der Waals surface area contributed by atoms with Crippen molar-refractivity contribution in [2.75, 3.05) is 19.8 Å². The predicted octanol–water partition coefficient (Wildman–Crippen LogP) is 7.96. The lowest BCUT2D eigenvalue weighted by molar-refractivity contribution is -0.262. The molecule has 2 rings (SSSR count). The molecule has 1 heterocycles. The van der Waals surface area contributed by atoms with E-state index in [9.17, 15) is 4.79 Å². The Morgan fingerprint density at radius 1 is 1.02 bits per heavy atom. The molecule has 1 saturated heterocycles. The summed E-state index contributed by atoms with van der Waals surface area (Å²) >= 11 is 0. The molecule has 0 spiro atoms. The smallest absolute Gasteiger partial charge is 0.409 e. The van der Waals surface area contributed by atoms with Crippen LogP contribution in [0.15, 0.2) is 18.2 Å². The largest absolute Gasteiger partial charge is 0.493 e. The minimum absolute atomic E-state index is 0.0964. The molecule has 1 amide bonds. The maximum absolute atomic E-state index is 12.7. The van der Waals surface area contributed by atoms with Crippen molar-refractivity contribution in [3.8, 4) is 17.6 Å². The standard InChI is InChI=1S/C33H55NO6Si/c1-12-13-14-15-16-21-36-28-18-17-26(22-27(28)23-39-41(10,11)31(5,6)7)19-20-33(24-37-32(8,9)38-25-33)34-29(35)40-30(2,3)4/h17-18,22H,12-16,21,23-25H2,1-11H3,(H,34,35). The van der Waals surface area contributed by atoms with E-state index in [-0.39, 0.29) is 18.3 Å². The van der Waals surface area contributed by atoms with Crippen molar-refractivity contribution in [1.29, 1.82) is 0 Å². The van der Waals surface area contributed by atoms with Crippen LogP contribution in [-0.2, 0) is 25.2 Å². The number of alkyl carbamates (subject to hydrolysis) is 1. The van der Waals surface area contributed by atoms with Gasteiger partial charge in [-0.25, -0.2) is 4.79 Å². The Morgan fingerprint density at radius 2 is 1.66 bits per heavy atom. The van der Waals surface area contributed by atoms with Gasteiger partial charge in [0.25, 0.3) is 0 Å². The molecule has 1 aliphatic heterocycles. The van der Waals surface area contributed by atoms with Crippen LogP contribution in [0.3, 0.4) is 0 Å². The van der Waals surface area contributed by atoms with Crippen LogP contribution < -0.4 is 10.1 Å². The summed E-state index contributed by atoms with van der Waals surface area (Å²) in [7, 11) is -1.98. The van der Waals surface area contributed by atoms with Crippen LogP contribution in [0.1, 0.15) is 106 Å². The fourth-order valence-electron chi connectivity index (χ4n) is 3.82. The van der Waals surface area contributed by atoms with Crippen molar-refractivity contribution in [2.45, 2.75) is 136 Å². The Morgan fingerprint density at radius 3 is 2.24 bits per heavy atom. The van der Waals surface area contributed by atoms with Gasteiger partial charge in [-0.05, 0) is 77.4 Å². The molecule has 1 aromatic rings. The van der Waals surface area contributed by atoms with Gasteiger partial charge in [-0.1, -0.05) is 65.2 Å². The van der Waals surface area contributed by atoms with Gasteiger partial charge in [-0.2, -0.15) is 0 Å². The number of nitrogens with one attached hydrogen (secondary N) is 1. The van der Waals surface area contributed by atoms with Crippen molar-refractivity contribution in [1.82, 2.24) is 5.32 Å². The molecule has 41 heavy (non-hydrogen) atoms. The van der Waals surface area contributed by atoms with E-state index in [0.717, 1.165) is 23.3 Å². The van der Waals surface area contributed by atoms with Gasteiger partial charge in [0, 0.05) is 11.1 Å². The number of hydrogen-bond acceptors (Lipinski definition) is 6. The molecule has 0 atom stereocenters.